The van der Waals surface area contributed by atoms with Crippen molar-refractivity contribution in [3.8, 4) is 11.3 Å². The number of nitrogens with zero attached hydrogens (tertiary/aromatic N) is 2. The summed E-state index contributed by atoms with van der Waals surface area (Å²) in [4.78, 5) is 18.9. The number of carbonyl (C=O) groups is 1. The maximum absolute atomic E-state index is 12.9. The van der Waals surface area contributed by atoms with Crippen LogP contribution in [0, 0.1) is 0 Å². The van der Waals surface area contributed by atoms with Gasteiger partial charge in [0.1, 0.15) is 11.6 Å². The van der Waals surface area contributed by atoms with Crippen LogP contribution in [-0.4, -0.2) is 24.0 Å². The van der Waals surface area contributed by atoms with Crippen LogP contribution in [0.15, 0.2) is 59.1 Å². The molecule has 8 heteroatoms. The average Bonchev–Trinajstić information content (AvgIpc) is 3.40. The number of furan rings is 1. The van der Waals surface area contributed by atoms with E-state index < -0.39 is 17.6 Å². The number of carbonyl (C=O) groups excluding carboxylic acids is 1. The van der Waals surface area contributed by atoms with E-state index in [9.17, 15) is 18.0 Å². The Balaban J connectivity index is 1.46. The van der Waals surface area contributed by atoms with Gasteiger partial charge in [-0.25, -0.2) is 4.98 Å². The molecule has 1 aromatic carbocycles. The molecule has 1 aliphatic rings. The predicted molar refractivity (Wildman–Crippen MR) is 103 cm³/mol. The molecule has 1 amide bonds. The number of amides is 1. The van der Waals surface area contributed by atoms with Gasteiger partial charge in [0.15, 0.2) is 5.76 Å². The lowest BCUT2D eigenvalue weighted by atomic mass is 10.1. The molecule has 3 aromatic rings. The molecular weight excluding hydrogens is 383 g/mol. The van der Waals surface area contributed by atoms with Crippen LogP contribution in [0.1, 0.15) is 29.0 Å². The third kappa shape index (κ3) is 4.26. The van der Waals surface area contributed by atoms with Crippen molar-refractivity contribution in [2.24, 2.45) is 0 Å². The number of hydrogen-bond acceptors (Lipinski definition) is 4. The minimum absolute atomic E-state index is 0.0113. The second kappa shape index (κ2) is 7.62. The molecule has 150 valence electrons. The molecule has 1 fully saturated rings. The first-order chi connectivity index (χ1) is 13.9. The highest BCUT2D eigenvalue weighted by molar-refractivity contribution is 6.02. The van der Waals surface area contributed by atoms with Crippen molar-refractivity contribution in [2.45, 2.75) is 19.0 Å². The number of halogens is 3. The number of anilines is 2. The van der Waals surface area contributed by atoms with Gasteiger partial charge in [0, 0.05) is 18.7 Å². The SMILES string of the molecule is O=C(Nc1ccc(N2CCCC2)cn1)c1ccc(-c2cccc(C(F)(F)F)c2)o1. The van der Waals surface area contributed by atoms with Crippen LogP contribution < -0.4 is 10.2 Å². The first kappa shape index (κ1) is 19.0. The maximum Gasteiger partial charge on any atom is 0.416 e. The quantitative estimate of drug-likeness (QED) is 0.652. The summed E-state index contributed by atoms with van der Waals surface area (Å²) < 4.78 is 44.1. The Labute approximate surface area is 165 Å². The predicted octanol–water partition coefficient (Wildman–Crippen LogP) is 5.21. The summed E-state index contributed by atoms with van der Waals surface area (Å²) in [6.07, 6.45) is -0.427. The van der Waals surface area contributed by atoms with Crippen molar-refractivity contribution in [3.05, 3.63) is 66.1 Å². The Hall–Kier alpha value is -3.29. The van der Waals surface area contributed by atoms with Gasteiger partial charge in [0.25, 0.3) is 5.91 Å². The third-order valence-electron chi connectivity index (χ3n) is 4.76. The van der Waals surface area contributed by atoms with Crippen molar-refractivity contribution in [2.75, 3.05) is 23.3 Å². The largest absolute Gasteiger partial charge is 0.451 e. The van der Waals surface area contributed by atoms with Crippen molar-refractivity contribution < 1.29 is 22.4 Å². The Kier molecular flexibility index (Phi) is 5.00. The Bertz CT molecular complexity index is 1010. The zero-order valence-corrected chi connectivity index (χ0v) is 15.4. The minimum Gasteiger partial charge on any atom is -0.451 e. The van der Waals surface area contributed by atoms with Gasteiger partial charge in [0.2, 0.25) is 0 Å². The number of benzene rings is 1. The van der Waals surface area contributed by atoms with Crippen LogP contribution in [0.2, 0.25) is 0 Å². The number of rotatable bonds is 4. The first-order valence-corrected chi connectivity index (χ1v) is 9.20. The Morgan fingerprint density at radius 3 is 2.55 bits per heavy atom. The number of hydrogen-bond donors (Lipinski definition) is 1. The highest BCUT2D eigenvalue weighted by Crippen LogP contribution is 2.32. The van der Waals surface area contributed by atoms with Gasteiger partial charge < -0.3 is 14.6 Å². The summed E-state index contributed by atoms with van der Waals surface area (Å²) in [5, 5.41) is 2.63. The molecule has 29 heavy (non-hydrogen) atoms. The molecule has 4 rings (SSSR count). The second-order valence-corrected chi connectivity index (χ2v) is 6.79. The molecule has 1 N–H and O–H groups in total. The van der Waals surface area contributed by atoms with Crippen LogP contribution in [0.4, 0.5) is 24.7 Å². The molecule has 5 nitrogen and oxygen atoms in total. The highest BCUT2D eigenvalue weighted by atomic mass is 19.4. The summed E-state index contributed by atoms with van der Waals surface area (Å²) in [5.74, 6) is 0.0148. The molecule has 0 radical (unpaired) electrons. The van der Waals surface area contributed by atoms with Crippen LogP contribution in [-0.2, 0) is 6.18 Å². The number of alkyl halides is 3. The van der Waals surface area contributed by atoms with Gasteiger partial charge in [0.05, 0.1) is 17.4 Å². The molecule has 0 aliphatic carbocycles. The summed E-state index contributed by atoms with van der Waals surface area (Å²) in [5.41, 5.74) is 0.469. The fourth-order valence-corrected chi connectivity index (χ4v) is 3.26. The Morgan fingerprint density at radius 1 is 1.07 bits per heavy atom. The van der Waals surface area contributed by atoms with Crippen LogP contribution in [0.5, 0.6) is 0 Å². The van der Waals surface area contributed by atoms with Crippen molar-refractivity contribution in [3.63, 3.8) is 0 Å². The Morgan fingerprint density at radius 2 is 1.86 bits per heavy atom. The van der Waals surface area contributed by atoms with Crippen LogP contribution >= 0.6 is 0 Å². The van der Waals surface area contributed by atoms with E-state index >= 15 is 0 Å². The normalized spacial score (nSPS) is 14.2. The minimum atomic E-state index is -4.45. The van der Waals surface area contributed by atoms with Crippen LogP contribution in [0.3, 0.4) is 0 Å². The number of pyridine rings is 1. The van der Waals surface area contributed by atoms with E-state index in [-0.39, 0.29) is 17.1 Å². The van der Waals surface area contributed by atoms with Gasteiger partial charge in [-0.3, -0.25) is 4.79 Å². The highest BCUT2D eigenvalue weighted by Gasteiger charge is 2.30. The van der Waals surface area contributed by atoms with Gasteiger partial charge in [-0.15, -0.1) is 0 Å². The molecule has 0 saturated carbocycles. The number of aromatic nitrogens is 1. The molecule has 2 aromatic heterocycles. The smallest absolute Gasteiger partial charge is 0.416 e. The molecule has 1 aliphatic heterocycles. The lowest BCUT2D eigenvalue weighted by Crippen LogP contribution is -2.18. The molecule has 1 saturated heterocycles. The zero-order valence-electron chi connectivity index (χ0n) is 15.4. The number of nitrogens with one attached hydrogen (secondary N) is 1. The van der Waals surface area contributed by atoms with E-state index in [1.807, 2.05) is 6.07 Å². The van der Waals surface area contributed by atoms with E-state index in [1.165, 1.54) is 24.3 Å². The second-order valence-electron chi connectivity index (χ2n) is 6.79. The van der Waals surface area contributed by atoms with E-state index in [0.29, 0.717) is 5.82 Å². The van der Waals surface area contributed by atoms with E-state index in [0.717, 1.165) is 43.8 Å². The summed E-state index contributed by atoms with van der Waals surface area (Å²) in [6, 6.07) is 11.3. The first-order valence-electron chi connectivity index (χ1n) is 9.20. The van der Waals surface area contributed by atoms with Gasteiger partial charge >= 0.3 is 6.18 Å². The molecule has 0 atom stereocenters. The standard InChI is InChI=1S/C21H18F3N3O2/c22-21(23,24)15-5-3-4-14(12-15)17-7-8-18(29-17)20(28)26-19-9-6-16(13-25-19)27-10-1-2-11-27/h3-9,12-13H,1-2,10-11H2,(H,25,26,28). The topological polar surface area (TPSA) is 58.4 Å². The zero-order chi connectivity index (χ0) is 20.4. The maximum atomic E-state index is 12.9. The summed E-state index contributed by atoms with van der Waals surface area (Å²) >= 11 is 0. The fourth-order valence-electron chi connectivity index (χ4n) is 3.26. The molecule has 0 spiro atoms. The van der Waals surface area contributed by atoms with Gasteiger partial charge in [-0.2, -0.15) is 13.2 Å². The summed E-state index contributed by atoms with van der Waals surface area (Å²) in [6.45, 7) is 2.00. The van der Waals surface area contributed by atoms with E-state index in [2.05, 4.69) is 15.2 Å². The van der Waals surface area contributed by atoms with Crippen molar-refractivity contribution in [1.82, 2.24) is 4.98 Å². The van der Waals surface area contributed by atoms with E-state index in [1.54, 1.807) is 12.3 Å². The monoisotopic (exact) mass is 401 g/mol. The molecular formula is C21H18F3N3O2. The van der Waals surface area contributed by atoms with Gasteiger partial charge in [-0.05, 0) is 49.2 Å². The van der Waals surface area contributed by atoms with Crippen molar-refractivity contribution in [1.29, 1.82) is 0 Å². The van der Waals surface area contributed by atoms with E-state index in [4.69, 9.17) is 4.42 Å². The lowest BCUT2D eigenvalue weighted by Gasteiger charge is -2.17. The van der Waals surface area contributed by atoms with Crippen LogP contribution in [0.25, 0.3) is 11.3 Å². The molecule has 3 heterocycles. The average molecular weight is 401 g/mol. The lowest BCUT2D eigenvalue weighted by molar-refractivity contribution is -0.137. The van der Waals surface area contributed by atoms with Crippen molar-refractivity contribution >= 4 is 17.4 Å². The summed E-state index contributed by atoms with van der Waals surface area (Å²) in [7, 11) is 0. The third-order valence-corrected chi connectivity index (χ3v) is 4.76. The molecule has 0 unspecified atom stereocenters. The van der Waals surface area contributed by atoms with Gasteiger partial charge in [-0.1, -0.05) is 12.1 Å². The molecule has 0 bridgehead atoms. The fraction of sp³-hybridized carbons (Fsp3) is 0.238.